The van der Waals surface area contributed by atoms with Crippen LogP contribution in [0.2, 0.25) is 0 Å². The molecular weight excluding hydrogens is 289 g/mol. The van der Waals surface area contributed by atoms with Crippen molar-refractivity contribution in [1.29, 1.82) is 0 Å². The lowest BCUT2D eigenvalue weighted by Gasteiger charge is -2.32. The van der Waals surface area contributed by atoms with Crippen LogP contribution in [-0.4, -0.2) is 30.8 Å². The Kier molecular flexibility index (Phi) is 4.66. The van der Waals surface area contributed by atoms with E-state index >= 15 is 0 Å². The molecule has 0 atom stereocenters. The lowest BCUT2D eigenvalue weighted by atomic mass is 9.79. The van der Waals surface area contributed by atoms with Gasteiger partial charge in [0.05, 0.1) is 11.2 Å². The smallest absolute Gasteiger partial charge is 0.399 e. The lowest BCUT2D eigenvalue weighted by Crippen LogP contribution is -2.41. The van der Waals surface area contributed by atoms with Crippen molar-refractivity contribution in [2.75, 3.05) is 6.54 Å². The molecule has 0 radical (unpaired) electrons. The number of nitrogens with one attached hydrogen (secondary N) is 1. The van der Waals surface area contributed by atoms with Crippen molar-refractivity contribution < 1.29 is 14.1 Å². The predicted octanol–water partition coefficient (Wildman–Crippen LogP) is 2.76. The highest BCUT2D eigenvalue weighted by molar-refractivity contribution is 6.62. The highest BCUT2D eigenvalue weighted by atomic mass is 16.7. The molecule has 1 heterocycles. The third-order valence-electron chi connectivity index (χ3n) is 4.48. The van der Waals surface area contributed by atoms with E-state index < -0.39 is 7.12 Å². The van der Waals surface area contributed by atoms with E-state index in [2.05, 4.69) is 26.1 Å². The SMILES string of the molecule is CC(C)(C)CNC(=O)c1ccc(B2OC(C)(C)C(C)(C)O2)cc1. The minimum Gasteiger partial charge on any atom is -0.399 e. The summed E-state index contributed by atoms with van der Waals surface area (Å²) in [5, 5.41) is 2.95. The molecular formula is C18H28BNO3. The molecule has 1 aliphatic rings. The summed E-state index contributed by atoms with van der Waals surface area (Å²) in [6.45, 7) is 15.0. The largest absolute Gasteiger partial charge is 0.494 e. The molecule has 1 aromatic rings. The van der Waals surface area contributed by atoms with Crippen molar-refractivity contribution in [3.8, 4) is 0 Å². The number of rotatable bonds is 3. The molecule has 0 spiro atoms. The van der Waals surface area contributed by atoms with Gasteiger partial charge in [-0.05, 0) is 50.7 Å². The summed E-state index contributed by atoms with van der Waals surface area (Å²) in [4.78, 5) is 12.2. The average molecular weight is 317 g/mol. The van der Waals surface area contributed by atoms with E-state index in [4.69, 9.17) is 9.31 Å². The first-order valence-corrected chi connectivity index (χ1v) is 8.15. The molecule has 2 rings (SSSR count). The molecule has 1 amide bonds. The summed E-state index contributed by atoms with van der Waals surface area (Å²) >= 11 is 0. The van der Waals surface area contributed by atoms with Gasteiger partial charge in [-0.15, -0.1) is 0 Å². The molecule has 1 aromatic carbocycles. The highest BCUT2D eigenvalue weighted by Gasteiger charge is 2.51. The van der Waals surface area contributed by atoms with Crippen LogP contribution in [0.1, 0.15) is 58.8 Å². The summed E-state index contributed by atoms with van der Waals surface area (Å²) in [5.74, 6) is -0.0552. The molecule has 23 heavy (non-hydrogen) atoms. The minimum atomic E-state index is -0.397. The fourth-order valence-corrected chi connectivity index (χ4v) is 2.22. The standard InChI is InChI=1S/C18H28BNO3/c1-16(2,3)12-20-15(21)13-8-10-14(11-9-13)19-22-17(4,5)18(6,7)23-19/h8-11H,12H2,1-7H3,(H,20,21). The van der Waals surface area contributed by atoms with Crippen molar-refractivity contribution in [3.05, 3.63) is 29.8 Å². The third-order valence-corrected chi connectivity index (χ3v) is 4.48. The van der Waals surface area contributed by atoms with Crippen LogP contribution in [0.3, 0.4) is 0 Å². The maximum absolute atomic E-state index is 12.2. The second-order valence-electron chi connectivity index (χ2n) is 8.45. The van der Waals surface area contributed by atoms with Crippen LogP contribution in [0.5, 0.6) is 0 Å². The Balaban J connectivity index is 2.05. The van der Waals surface area contributed by atoms with Crippen molar-refractivity contribution in [1.82, 2.24) is 5.32 Å². The van der Waals surface area contributed by atoms with Gasteiger partial charge in [0.1, 0.15) is 0 Å². The summed E-state index contributed by atoms with van der Waals surface area (Å²) in [5.41, 5.74) is 0.921. The van der Waals surface area contributed by atoms with Gasteiger partial charge in [-0.1, -0.05) is 32.9 Å². The van der Waals surface area contributed by atoms with E-state index in [1.165, 1.54) is 0 Å². The molecule has 0 aliphatic carbocycles. The van der Waals surface area contributed by atoms with Gasteiger partial charge in [-0.2, -0.15) is 0 Å². The minimum absolute atomic E-state index is 0.0552. The van der Waals surface area contributed by atoms with Crippen LogP contribution in [0.4, 0.5) is 0 Å². The first-order valence-electron chi connectivity index (χ1n) is 8.15. The fraction of sp³-hybridized carbons (Fsp3) is 0.611. The molecule has 126 valence electrons. The molecule has 1 aliphatic heterocycles. The second-order valence-corrected chi connectivity index (χ2v) is 8.45. The highest BCUT2D eigenvalue weighted by Crippen LogP contribution is 2.36. The monoisotopic (exact) mass is 317 g/mol. The number of carbonyl (C=O) groups is 1. The van der Waals surface area contributed by atoms with Crippen molar-refractivity contribution in [2.45, 2.75) is 59.7 Å². The summed E-state index contributed by atoms with van der Waals surface area (Å²) < 4.78 is 12.0. The normalized spacial score (nSPS) is 19.7. The quantitative estimate of drug-likeness (QED) is 0.872. The van der Waals surface area contributed by atoms with Gasteiger partial charge in [-0.25, -0.2) is 0 Å². The van der Waals surface area contributed by atoms with E-state index in [0.717, 1.165) is 5.46 Å². The van der Waals surface area contributed by atoms with Crippen LogP contribution in [-0.2, 0) is 9.31 Å². The Morgan fingerprint density at radius 2 is 1.52 bits per heavy atom. The van der Waals surface area contributed by atoms with E-state index in [0.29, 0.717) is 12.1 Å². The van der Waals surface area contributed by atoms with Gasteiger partial charge in [0.15, 0.2) is 0 Å². The van der Waals surface area contributed by atoms with Crippen molar-refractivity contribution in [2.24, 2.45) is 5.41 Å². The molecule has 0 aromatic heterocycles. The molecule has 1 saturated heterocycles. The van der Waals surface area contributed by atoms with Gasteiger partial charge in [0.25, 0.3) is 5.91 Å². The molecule has 1 fully saturated rings. The molecule has 0 unspecified atom stereocenters. The zero-order valence-corrected chi connectivity index (χ0v) is 15.3. The summed E-state index contributed by atoms with van der Waals surface area (Å²) in [6.07, 6.45) is 0. The number of hydrogen-bond acceptors (Lipinski definition) is 3. The maximum Gasteiger partial charge on any atom is 0.494 e. The van der Waals surface area contributed by atoms with Gasteiger partial charge in [-0.3, -0.25) is 4.79 Å². The lowest BCUT2D eigenvalue weighted by molar-refractivity contribution is 0.00578. The zero-order valence-electron chi connectivity index (χ0n) is 15.3. The van der Waals surface area contributed by atoms with Crippen molar-refractivity contribution in [3.63, 3.8) is 0 Å². The topological polar surface area (TPSA) is 47.6 Å². The number of benzene rings is 1. The molecule has 4 nitrogen and oxygen atoms in total. The molecule has 5 heteroatoms. The average Bonchev–Trinajstić information content (AvgIpc) is 2.64. The van der Waals surface area contributed by atoms with Gasteiger partial charge in [0.2, 0.25) is 0 Å². The van der Waals surface area contributed by atoms with E-state index in [1.807, 2.05) is 52.0 Å². The first-order chi connectivity index (χ1) is 10.4. The van der Waals surface area contributed by atoms with Crippen LogP contribution in [0, 0.1) is 5.41 Å². The third kappa shape index (κ3) is 4.15. The molecule has 1 N–H and O–H groups in total. The Hall–Kier alpha value is -1.33. The van der Waals surface area contributed by atoms with E-state index in [-0.39, 0.29) is 22.5 Å². The number of carbonyl (C=O) groups excluding carboxylic acids is 1. The Morgan fingerprint density at radius 1 is 1.04 bits per heavy atom. The van der Waals surface area contributed by atoms with E-state index in [9.17, 15) is 4.79 Å². The number of amides is 1. The van der Waals surface area contributed by atoms with Crippen LogP contribution < -0.4 is 10.8 Å². The Labute approximate surface area is 140 Å². The van der Waals surface area contributed by atoms with Crippen molar-refractivity contribution >= 4 is 18.5 Å². The van der Waals surface area contributed by atoms with E-state index in [1.54, 1.807) is 0 Å². The zero-order chi connectivity index (χ0) is 17.5. The van der Waals surface area contributed by atoms with Crippen LogP contribution >= 0.6 is 0 Å². The molecule has 0 saturated carbocycles. The van der Waals surface area contributed by atoms with Gasteiger partial charge in [0, 0.05) is 12.1 Å². The molecule has 0 bridgehead atoms. The van der Waals surface area contributed by atoms with Gasteiger partial charge >= 0.3 is 7.12 Å². The second kappa shape index (κ2) is 5.95. The fourth-order valence-electron chi connectivity index (χ4n) is 2.22. The Morgan fingerprint density at radius 3 is 1.96 bits per heavy atom. The van der Waals surface area contributed by atoms with Gasteiger partial charge < -0.3 is 14.6 Å². The van der Waals surface area contributed by atoms with Crippen LogP contribution in [0.25, 0.3) is 0 Å². The summed E-state index contributed by atoms with van der Waals surface area (Å²) in [6, 6.07) is 7.43. The summed E-state index contributed by atoms with van der Waals surface area (Å²) in [7, 11) is -0.397. The maximum atomic E-state index is 12.2. The first kappa shape index (κ1) is 18.0. The van der Waals surface area contributed by atoms with Crippen LogP contribution in [0.15, 0.2) is 24.3 Å². The Bertz CT molecular complexity index is 557. The predicted molar refractivity (Wildman–Crippen MR) is 93.9 cm³/mol. The number of hydrogen-bond donors (Lipinski definition) is 1.